The van der Waals surface area contributed by atoms with E-state index in [2.05, 4.69) is 49.3 Å². The van der Waals surface area contributed by atoms with Crippen LogP contribution < -0.4 is 10.6 Å². The number of hydrogen-bond acceptors (Lipinski definition) is 5. The van der Waals surface area contributed by atoms with Crippen molar-refractivity contribution in [3.8, 4) is 0 Å². The number of anilines is 1. The van der Waals surface area contributed by atoms with E-state index in [1.165, 1.54) is 12.8 Å². The van der Waals surface area contributed by atoms with Crippen LogP contribution in [-0.4, -0.2) is 67.9 Å². The van der Waals surface area contributed by atoms with Gasteiger partial charge in [-0.1, -0.05) is 13.8 Å². The van der Waals surface area contributed by atoms with E-state index in [0.717, 1.165) is 32.5 Å². The van der Waals surface area contributed by atoms with E-state index in [4.69, 9.17) is 0 Å². The van der Waals surface area contributed by atoms with Gasteiger partial charge < -0.3 is 30.4 Å². The van der Waals surface area contributed by atoms with Crippen molar-refractivity contribution < 1.29 is 9.59 Å². The Hall–Kier alpha value is -3.66. The summed E-state index contributed by atoms with van der Waals surface area (Å²) in [6.07, 6.45) is 11.1. The molecule has 0 aliphatic heterocycles. The van der Waals surface area contributed by atoms with Gasteiger partial charge in [-0.3, -0.25) is 4.79 Å². The number of imidazole rings is 2. The van der Waals surface area contributed by atoms with E-state index >= 15 is 0 Å². The Morgan fingerprint density at radius 3 is 2.00 bits per heavy atom. The molecule has 0 fully saturated rings. The van der Waals surface area contributed by atoms with Gasteiger partial charge >= 0.3 is 6.03 Å². The van der Waals surface area contributed by atoms with E-state index in [0.29, 0.717) is 42.5 Å². The first-order chi connectivity index (χ1) is 17.6. The van der Waals surface area contributed by atoms with Crippen molar-refractivity contribution in [2.45, 2.75) is 52.6 Å². The SMILES string of the molecule is CCCN(CCC)CCCCNC(=O)c1ccc(NC(=O)N(Cc2ncc[nH]2)Cc2ncc[nH]2)cc1. The lowest BCUT2D eigenvalue weighted by Gasteiger charge is -2.21. The highest BCUT2D eigenvalue weighted by Gasteiger charge is 2.17. The number of carbonyl (C=O) groups excluding carboxylic acids is 2. The molecule has 0 saturated carbocycles. The lowest BCUT2D eigenvalue weighted by Crippen LogP contribution is -2.34. The van der Waals surface area contributed by atoms with Gasteiger partial charge in [0.1, 0.15) is 11.6 Å². The quantitative estimate of drug-likeness (QED) is 0.238. The van der Waals surface area contributed by atoms with Crippen LogP contribution in [0.5, 0.6) is 0 Å². The highest BCUT2D eigenvalue weighted by molar-refractivity contribution is 5.95. The molecular formula is C26H38N8O2. The number of rotatable bonds is 15. The number of nitrogens with one attached hydrogen (secondary N) is 4. The molecule has 3 amide bonds. The average molecular weight is 495 g/mol. The summed E-state index contributed by atoms with van der Waals surface area (Å²) in [5, 5.41) is 5.88. The number of urea groups is 1. The topological polar surface area (TPSA) is 122 Å². The second-order valence-corrected chi connectivity index (χ2v) is 8.74. The molecule has 3 aromatic rings. The molecule has 194 valence electrons. The van der Waals surface area contributed by atoms with Gasteiger partial charge in [0, 0.05) is 42.6 Å². The lowest BCUT2D eigenvalue weighted by molar-refractivity contribution is 0.0952. The summed E-state index contributed by atoms with van der Waals surface area (Å²) < 4.78 is 0. The van der Waals surface area contributed by atoms with Gasteiger partial charge in [-0.05, 0) is 69.6 Å². The molecule has 3 rings (SSSR count). The number of carbonyl (C=O) groups is 2. The maximum atomic E-state index is 13.0. The normalized spacial score (nSPS) is 11.0. The van der Waals surface area contributed by atoms with Crippen LogP contribution in [0, 0.1) is 0 Å². The molecule has 0 atom stereocenters. The minimum Gasteiger partial charge on any atom is -0.352 e. The molecule has 10 nitrogen and oxygen atoms in total. The highest BCUT2D eigenvalue weighted by atomic mass is 16.2. The van der Waals surface area contributed by atoms with Crippen molar-refractivity contribution in [3.63, 3.8) is 0 Å². The van der Waals surface area contributed by atoms with Crippen LogP contribution in [0.25, 0.3) is 0 Å². The van der Waals surface area contributed by atoms with Gasteiger partial charge in [0.05, 0.1) is 13.1 Å². The molecule has 4 N–H and O–H groups in total. The maximum Gasteiger partial charge on any atom is 0.322 e. The van der Waals surface area contributed by atoms with E-state index in [1.807, 2.05) is 0 Å². The molecule has 0 aliphatic rings. The first kappa shape index (κ1) is 26.9. The molecule has 0 radical (unpaired) electrons. The Bertz CT molecular complexity index is 977. The predicted octanol–water partition coefficient (Wildman–Crippen LogP) is 4.00. The maximum absolute atomic E-state index is 13.0. The summed E-state index contributed by atoms with van der Waals surface area (Å²) >= 11 is 0. The number of amides is 3. The van der Waals surface area contributed by atoms with Gasteiger partial charge in [-0.2, -0.15) is 0 Å². The number of aromatic nitrogens is 4. The lowest BCUT2D eigenvalue weighted by atomic mass is 10.2. The van der Waals surface area contributed by atoms with Gasteiger partial charge in [0.2, 0.25) is 0 Å². The molecule has 0 aliphatic carbocycles. The number of nitrogens with zero attached hydrogens (tertiary/aromatic N) is 4. The van der Waals surface area contributed by atoms with Gasteiger partial charge in [0.25, 0.3) is 5.91 Å². The fourth-order valence-electron chi connectivity index (χ4n) is 3.97. The van der Waals surface area contributed by atoms with Gasteiger partial charge in [-0.25, -0.2) is 14.8 Å². The minimum absolute atomic E-state index is 0.107. The first-order valence-electron chi connectivity index (χ1n) is 12.7. The predicted molar refractivity (Wildman–Crippen MR) is 140 cm³/mol. The monoisotopic (exact) mass is 494 g/mol. The molecule has 0 bridgehead atoms. The van der Waals surface area contributed by atoms with Crippen molar-refractivity contribution >= 4 is 17.6 Å². The fourth-order valence-corrected chi connectivity index (χ4v) is 3.97. The van der Waals surface area contributed by atoms with Gasteiger partial charge in [0.15, 0.2) is 0 Å². The molecule has 2 heterocycles. The number of benzene rings is 1. The molecule has 10 heteroatoms. The van der Waals surface area contributed by atoms with E-state index in [1.54, 1.807) is 54.0 Å². The largest absolute Gasteiger partial charge is 0.352 e. The Balaban J connectivity index is 1.46. The second kappa shape index (κ2) is 14.7. The standard InChI is InChI=1S/C26H38N8O2/c1-3-16-33(17-4-2)18-6-5-11-31-25(35)21-7-9-22(10-8-21)32-26(36)34(19-23-27-12-13-28-23)20-24-29-14-15-30-24/h7-10,12-15H,3-6,11,16-20H2,1-2H3,(H,27,28)(H,29,30)(H,31,35)(H,32,36). The van der Waals surface area contributed by atoms with Crippen LogP contribution >= 0.6 is 0 Å². The number of H-pyrrole nitrogens is 2. The molecule has 0 unspecified atom stereocenters. The molecule has 0 spiro atoms. The van der Waals surface area contributed by atoms with E-state index in [9.17, 15) is 9.59 Å². The van der Waals surface area contributed by atoms with E-state index < -0.39 is 0 Å². The van der Waals surface area contributed by atoms with Crippen molar-refractivity contribution in [2.24, 2.45) is 0 Å². The molecule has 1 aromatic carbocycles. The zero-order chi connectivity index (χ0) is 25.6. The Morgan fingerprint density at radius 2 is 1.47 bits per heavy atom. The summed E-state index contributed by atoms with van der Waals surface area (Å²) in [5.41, 5.74) is 1.17. The summed E-state index contributed by atoms with van der Waals surface area (Å²) in [6, 6.07) is 6.62. The fraction of sp³-hybridized carbons (Fsp3) is 0.462. The van der Waals surface area contributed by atoms with Crippen LogP contribution in [0.3, 0.4) is 0 Å². The van der Waals surface area contributed by atoms with Crippen molar-refractivity contribution in [3.05, 3.63) is 66.3 Å². The molecular weight excluding hydrogens is 456 g/mol. The van der Waals surface area contributed by atoms with Crippen molar-refractivity contribution in [2.75, 3.05) is 31.5 Å². The molecule has 2 aromatic heterocycles. The molecule has 0 saturated heterocycles. The second-order valence-electron chi connectivity index (χ2n) is 8.74. The van der Waals surface area contributed by atoms with Crippen LogP contribution in [0.15, 0.2) is 49.1 Å². The minimum atomic E-state index is -0.291. The Morgan fingerprint density at radius 1 is 0.861 bits per heavy atom. The average Bonchev–Trinajstić information content (AvgIpc) is 3.58. The Kier molecular flexibility index (Phi) is 11.0. The van der Waals surface area contributed by atoms with Crippen LogP contribution in [0.2, 0.25) is 0 Å². The Labute approximate surface area is 212 Å². The van der Waals surface area contributed by atoms with Crippen LogP contribution in [-0.2, 0) is 13.1 Å². The van der Waals surface area contributed by atoms with E-state index in [-0.39, 0.29) is 11.9 Å². The molecule has 36 heavy (non-hydrogen) atoms. The number of hydrogen-bond donors (Lipinski definition) is 4. The summed E-state index contributed by atoms with van der Waals surface area (Å²) in [7, 11) is 0. The smallest absolute Gasteiger partial charge is 0.322 e. The third-order valence-electron chi connectivity index (χ3n) is 5.74. The highest BCUT2D eigenvalue weighted by Crippen LogP contribution is 2.13. The van der Waals surface area contributed by atoms with Crippen molar-refractivity contribution in [1.29, 1.82) is 0 Å². The van der Waals surface area contributed by atoms with Crippen molar-refractivity contribution in [1.82, 2.24) is 35.1 Å². The zero-order valence-corrected chi connectivity index (χ0v) is 21.3. The third-order valence-corrected chi connectivity index (χ3v) is 5.74. The number of aromatic amines is 2. The van der Waals surface area contributed by atoms with Gasteiger partial charge in [-0.15, -0.1) is 0 Å². The number of unbranched alkanes of at least 4 members (excludes halogenated alkanes) is 1. The third kappa shape index (κ3) is 8.84. The van der Waals surface area contributed by atoms with Crippen LogP contribution in [0.1, 0.15) is 61.5 Å². The zero-order valence-electron chi connectivity index (χ0n) is 21.3. The summed E-state index contributed by atoms with van der Waals surface area (Å²) in [4.78, 5) is 44.0. The first-order valence-corrected chi connectivity index (χ1v) is 12.7. The summed E-state index contributed by atoms with van der Waals surface area (Å²) in [6.45, 7) is 9.00. The summed E-state index contributed by atoms with van der Waals surface area (Å²) in [5.74, 6) is 1.24. The van der Waals surface area contributed by atoms with Crippen LogP contribution in [0.4, 0.5) is 10.5 Å².